The Hall–Kier alpha value is -4.28. The summed E-state index contributed by atoms with van der Waals surface area (Å²) >= 11 is 0. The van der Waals surface area contributed by atoms with E-state index in [1.165, 1.54) is 36.4 Å². The van der Waals surface area contributed by atoms with Gasteiger partial charge in [0.05, 0.1) is 17.5 Å². The molecule has 0 radical (unpaired) electrons. The lowest BCUT2D eigenvalue weighted by atomic mass is 9.95. The third-order valence-corrected chi connectivity index (χ3v) is 5.03. The van der Waals surface area contributed by atoms with Crippen molar-refractivity contribution in [3.8, 4) is 16.9 Å². The van der Waals surface area contributed by atoms with Crippen molar-refractivity contribution in [3.63, 3.8) is 0 Å². The van der Waals surface area contributed by atoms with Gasteiger partial charge in [0.1, 0.15) is 11.3 Å². The largest absolute Gasteiger partial charge is 0.508 e. The van der Waals surface area contributed by atoms with Crippen LogP contribution >= 0.6 is 0 Å². The summed E-state index contributed by atoms with van der Waals surface area (Å²) in [5.41, 5.74) is 2.78. The van der Waals surface area contributed by atoms with Crippen molar-refractivity contribution in [2.75, 3.05) is 0 Å². The lowest BCUT2D eigenvalue weighted by Crippen LogP contribution is -2.27. The molecule has 1 amide bonds. The SMILES string of the molecule is NC(=O)c1ccc(O)cc1-c1ccc(F)c2nnn(Cc3ccccc3C(F)(F)F)c(=O)c12. The molecule has 0 spiro atoms. The third-order valence-electron chi connectivity index (χ3n) is 5.03. The van der Waals surface area contributed by atoms with Crippen LogP contribution in [-0.2, 0) is 12.7 Å². The van der Waals surface area contributed by atoms with Crippen LogP contribution in [0.3, 0.4) is 0 Å². The van der Waals surface area contributed by atoms with Crippen molar-refractivity contribution in [1.82, 2.24) is 15.0 Å². The van der Waals surface area contributed by atoms with Gasteiger partial charge in [-0.3, -0.25) is 9.59 Å². The van der Waals surface area contributed by atoms with E-state index < -0.39 is 41.1 Å². The molecule has 1 aromatic heterocycles. The maximum Gasteiger partial charge on any atom is 0.416 e. The zero-order valence-corrected chi connectivity index (χ0v) is 16.6. The lowest BCUT2D eigenvalue weighted by molar-refractivity contribution is -0.138. The maximum atomic E-state index is 14.4. The number of aromatic hydroxyl groups is 1. The van der Waals surface area contributed by atoms with Crippen LogP contribution in [0.25, 0.3) is 22.0 Å². The summed E-state index contributed by atoms with van der Waals surface area (Å²) in [6.45, 7) is -0.587. The number of primary amides is 1. The monoisotopic (exact) mass is 458 g/mol. The molecule has 0 atom stereocenters. The number of benzene rings is 3. The number of phenols is 1. The van der Waals surface area contributed by atoms with Crippen LogP contribution in [0.1, 0.15) is 21.5 Å². The fraction of sp³-hybridized carbons (Fsp3) is 0.0909. The molecule has 0 unspecified atom stereocenters. The second-order valence-electron chi connectivity index (χ2n) is 7.12. The van der Waals surface area contributed by atoms with Crippen LogP contribution in [0, 0.1) is 5.82 Å². The first-order chi connectivity index (χ1) is 15.6. The fourth-order valence-electron chi connectivity index (χ4n) is 3.54. The van der Waals surface area contributed by atoms with Gasteiger partial charge in [-0.25, -0.2) is 9.07 Å². The molecule has 168 valence electrons. The first kappa shape index (κ1) is 21.9. The summed E-state index contributed by atoms with van der Waals surface area (Å²) in [6.07, 6.45) is -4.67. The number of alkyl halides is 3. The molecule has 1 heterocycles. The van der Waals surface area contributed by atoms with Gasteiger partial charge in [-0.15, -0.1) is 5.10 Å². The molecule has 0 aliphatic rings. The van der Waals surface area contributed by atoms with Crippen molar-refractivity contribution in [2.24, 2.45) is 5.73 Å². The van der Waals surface area contributed by atoms with Gasteiger partial charge in [0.15, 0.2) is 5.82 Å². The van der Waals surface area contributed by atoms with E-state index in [1.54, 1.807) is 0 Å². The van der Waals surface area contributed by atoms with Crippen molar-refractivity contribution < 1.29 is 27.5 Å². The first-order valence-corrected chi connectivity index (χ1v) is 9.42. The van der Waals surface area contributed by atoms with E-state index in [9.17, 15) is 32.3 Å². The third kappa shape index (κ3) is 4.00. The summed E-state index contributed by atoms with van der Waals surface area (Å²) in [6, 6.07) is 10.4. The first-order valence-electron chi connectivity index (χ1n) is 9.42. The fourth-order valence-corrected chi connectivity index (χ4v) is 3.54. The normalized spacial score (nSPS) is 11.6. The van der Waals surface area contributed by atoms with Crippen LogP contribution in [-0.4, -0.2) is 26.0 Å². The van der Waals surface area contributed by atoms with Crippen molar-refractivity contribution >= 4 is 16.8 Å². The van der Waals surface area contributed by atoms with Crippen LogP contribution in [0.15, 0.2) is 59.4 Å². The molecular weight excluding hydrogens is 444 g/mol. The summed E-state index contributed by atoms with van der Waals surface area (Å²) < 4.78 is 55.2. The van der Waals surface area contributed by atoms with Crippen LogP contribution in [0.5, 0.6) is 5.75 Å². The molecule has 7 nitrogen and oxygen atoms in total. The molecule has 33 heavy (non-hydrogen) atoms. The number of hydrogen-bond donors (Lipinski definition) is 2. The zero-order chi connectivity index (χ0) is 23.9. The molecule has 0 saturated carbocycles. The van der Waals surface area contributed by atoms with Crippen molar-refractivity contribution in [3.05, 3.63) is 87.5 Å². The number of phenolic OH excluding ortho intramolecular Hbond substituents is 1. The highest BCUT2D eigenvalue weighted by Crippen LogP contribution is 2.33. The molecule has 11 heteroatoms. The molecule has 0 fully saturated rings. The smallest absolute Gasteiger partial charge is 0.416 e. The molecule has 4 rings (SSSR count). The predicted molar refractivity (Wildman–Crippen MR) is 110 cm³/mol. The zero-order valence-electron chi connectivity index (χ0n) is 16.6. The number of carbonyl (C=O) groups is 1. The number of nitrogens with two attached hydrogens (primary N) is 1. The number of rotatable bonds is 4. The molecule has 4 aromatic rings. The highest BCUT2D eigenvalue weighted by molar-refractivity contribution is 6.04. The van der Waals surface area contributed by atoms with Gasteiger partial charge in [0.25, 0.3) is 5.56 Å². The molecule has 3 aromatic carbocycles. The van der Waals surface area contributed by atoms with Crippen molar-refractivity contribution in [2.45, 2.75) is 12.7 Å². The van der Waals surface area contributed by atoms with Gasteiger partial charge in [0.2, 0.25) is 5.91 Å². The van der Waals surface area contributed by atoms with Gasteiger partial charge in [-0.1, -0.05) is 29.5 Å². The molecule has 0 saturated heterocycles. The van der Waals surface area contributed by atoms with E-state index in [2.05, 4.69) is 10.3 Å². The molecular formula is C22H14F4N4O3. The standard InChI is InChI=1S/C22H14F4N4O3/c23-17-8-7-13(15-9-12(31)5-6-14(15)20(27)32)18-19(17)28-29-30(21(18)33)10-11-3-1-2-4-16(11)22(24,25)26/h1-9,31H,10H2,(H2,27,32). The summed E-state index contributed by atoms with van der Waals surface area (Å²) in [7, 11) is 0. The Morgan fingerprint density at radius 3 is 2.48 bits per heavy atom. The maximum absolute atomic E-state index is 14.4. The van der Waals surface area contributed by atoms with Crippen LogP contribution < -0.4 is 11.3 Å². The molecule has 3 N–H and O–H groups in total. The molecule has 0 aliphatic heterocycles. The second kappa shape index (κ2) is 8.01. The Morgan fingerprint density at radius 2 is 1.79 bits per heavy atom. The highest BCUT2D eigenvalue weighted by Gasteiger charge is 2.33. The molecule has 0 bridgehead atoms. The Labute approximate surface area is 182 Å². The number of amides is 1. The van der Waals surface area contributed by atoms with E-state index in [0.29, 0.717) is 4.68 Å². The molecule has 0 aliphatic carbocycles. The van der Waals surface area contributed by atoms with E-state index in [-0.39, 0.29) is 33.4 Å². The Morgan fingerprint density at radius 1 is 1.06 bits per heavy atom. The quantitative estimate of drug-likeness (QED) is 0.455. The Kier molecular flexibility index (Phi) is 5.32. The number of nitrogens with zero attached hydrogens (tertiary/aromatic N) is 3. The second-order valence-corrected chi connectivity index (χ2v) is 7.12. The summed E-state index contributed by atoms with van der Waals surface area (Å²) in [4.78, 5) is 25.1. The number of halogens is 4. The van der Waals surface area contributed by atoms with E-state index in [4.69, 9.17) is 5.73 Å². The van der Waals surface area contributed by atoms with Gasteiger partial charge in [-0.05, 0) is 47.0 Å². The van der Waals surface area contributed by atoms with Crippen LogP contribution in [0.2, 0.25) is 0 Å². The number of aromatic nitrogens is 3. The van der Waals surface area contributed by atoms with Crippen molar-refractivity contribution in [1.29, 1.82) is 0 Å². The Bertz CT molecular complexity index is 1460. The van der Waals surface area contributed by atoms with Gasteiger partial charge in [-0.2, -0.15) is 13.2 Å². The average Bonchev–Trinajstić information content (AvgIpc) is 2.75. The average molecular weight is 458 g/mol. The highest BCUT2D eigenvalue weighted by atomic mass is 19.4. The topological polar surface area (TPSA) is 111 Å². The minimum Gasteiger partial charge on any atom is -0.508 e. The van der Waals surface area contributed by atoms with E-state index >= 15 is 0 Å². The van der Waals surface area contributed by atoms with Gasteiger partial charge in [0, 0.05) is 5.56 Å². The lowest BCUT2D eigenvalue weighted by Gasteiger charge is -2.14. The minimum absolute atomic E-state index is 0.00820. The van der Waals surface area contributed by atoms with Gasteiger partial charge >= 0.3 is 6.18 Å². The summed E-state index contributed by atoms with van der Waals surface area (Å²) in [5.74, 6) is -2.03. The van der Waals surface area contributed by atoms with E-state index in [0.717, 1.165) is 18.2 Å². The Balaban J connectivity index is 1.97. The predicted octanol–water partition coefficient (Wildman–Crippen LogP) is 3.47. The number of hydrogen-bond acceptors (Lipinski definition) is 5. The number of fused-ring (bicyclic) bond motifs is 1. The van der Waals surface area contributed by atoms with E-state index in [1.807, 2.05) is 0 Å². The van der Waals surface area contributed by atoms with Crippen LogP contribution in [0.4, 0.5) is 17.6 Å². The minimum atomic E-state index is -4.67. The van der Waals surface area contributed by atoms with Gasteiger partial charge < -0.3 is 10.8 Å². The number of carbonyl (C=O) groups excluding carboxylic acids is 1. The summed E-state index contributed by atoms with van der Waals surface area (Å²) in [5, 5.41) is 16.8.